The highest BCUT2D eigenvalue weighted by Crippen LogP contribution is 2.32. The first kappa shape index (κ1) is 14.7. The van der Waals surface area contributed by atoms with Gasteiger partial charge < -0.3 is 10.2 Å². The Balaban J connectivity index is 2.03. The van der Waals surface area contributed by atoms with Crippen molar-refractivity contribution >= 4 is 23.6 Å². The van der Waals surface area contributed by atoms with E-state index in [2.05, 4.69) is 25.4 Å². The predicted molar refractivity (Wildman–Crippen MR) is 78.0 cm³/mol. The van der Waals surface area contributed by atoms with Crippen LogP contribution in [0.25, 0.3) is 0 Å². The van der Waals surface area contributed by atoms with Crippen molar-refractivity contribution in [1.82, 2.24) is 10.2 Å². The van der Waals surface area contributed by atoms with Gasteiger partial charge in [-0.1, -0.05) is 13.8 Å². The number of nitrogens with zero attached hydrogens (tertiary/aromatic N) is 1. The summed E-state index contributed by atoms with van der Waals surface area (Å²) in [6.45, 7) is 4.41. The quantitative estimate of drug-likeness (QED) is 0.854. The summed E-state index contributed by atoms with van der Waals surface area (Å²) in [6.07, 6.45) is 6.10. The first-order chi connectivity index (χ1) is 9.01. The van der Waals surface area contributed by atoms with Gasteiger partial charge in [-0.3, -0.25) is 9.59 Å². The molecule has 2 fully saturated rings. The van der Waals surface area contributed by atoms with E-state index in [1.54, 1.807) is 0 Å². The van der Waals surface area contributed by atoms with Gasteiger partial charge in [0.25, 0.3) is 0 Å². The zero-order valence-corrected chi connectivity index (χ0v) is 12.8. The first-order valence-corrected chi connectivity index (χ1v) is 8.42. The molecule has 2 amide bonds. The third-order valence-corrected chi connectivity index (χ3v) is 5.16. The number of thioether (sulfide) groups is 1. The Kier molecular flexibility index (Phi) is 4.76. The summed E-state index contributed by atoms with van der Waals surface area (Å²) in [7, 11) is 0. The molecule has 2 rings (SSSR count). The smallest absolute Gasteiger partial charge is 0.245 e. The van der Waals surface area contributed by atoms with Crippen LogP contribution in [0.5, 0.6) is 0 Å². The van der Waals surface area contributed by atoms with Gasteiger partial charge >= 0.3 is 0 Å². The molecule has 1 N–H and O–H groups in total. The van der Waals surface area contributed by atoms with Gasteiger partial charge in [0.2, 0.25) is 11.8 Å². The van der Waals surface area contributed by atoms with E-state index in [0.29, 0.717) is 11.2 Å². The minimum absolute atomic E-state index is 0.00199. The molecule has 1 saturated carbocycles. The second-order valence-electron chi connectivity index (χ2n) is 6.04. The van der Waals surface area contributed by atoms with Gasteiger partial charge in [0.15, 0.2) is 0 Å². The molecule has 19 heavy (non-hydrogen) atoms. The lowest BCUT2D eigenvalue weighted by Gasteiger charge is -2.37. The van der Waals surface area contributed by atoms with Gasteiger partial charge in [0.05, 0.1) is 6.54 Å². The Hall–Kier alpha value is -0.710. The Morgan fingerprint density at radius 3 is 2.68 bits per heavy atom. The fraction of sp³-hybridized carbons (Fsp3) is 0.857. The normalized spacial score (nSPS) is 32.0. The first-order valence-electron chi connectivity index (χ1n) is 7.14. The lowest BCUT2D eigenvalue weighted by Crippen LogP contribution is -2.60. The van der Waals surface area contributed by atoms with E-state index in [1.807, 2.05) is 16.7 Å². The highest BCUT2D eigenvalue weighted by molar-refractivity contribution is 7.99. The van der Waals surface area contributed by atoms with E-state index in [4.69, 9.17) is 0 Å². The van der Waals surface area contributed by atoms with E-state index >= 15 is 0 Å². The predicted octanol–water partition coefficient (Wildman–Crippen LogP) is 1.64. The molecule has 0 aromatic heterocycles. The van der Waals surface area contributed by atoms with Gasteiger partial charge in [-0.15, -0.1) is 0 Å². The van der Waals surface area contributed by atoms with Crippen LogP contribution in [-0.4, -0.2) is 46.8 Å². The van der Waals surface area contributed by atoms with Crippen LogP contribution in [0.15, 0.2) is 0 Å². The Labute approximate surface area is 119 Å². The van der Waals surface area contributed by atoms with Crippen molar-refractivity contribution in [1.29, 1.82) is 0 Å². The zero-order valence-electron chi connectivity index (χ0n) is 12.0. The Morgan fingerprint density at radius 1 is 1.37 bits per heavy atom. The highest BCUT2D eigenvalue weighted by atomic mass is 32.2. The fourth-order valence-electron chi connectivity index (χ4n) is 3.09. The van der Waals surface area contributed by atoms with Crippen LogP contribution >= 0.6 is 11.8 Å². The molecule has 1 aliphatic heterocycles. The molecule has 5 heteroatoms. The summed E-state index contributed by atoms with van der Waals surface area (Å²) in [5, 5.41) is 3.49. The summed E-state index contributed by atoms with van der Waals surface area (Å²) in [5.41, 5.74) is 0. The van der Waals surface area contributed by atoms with Gasteiger partial charge in [-0.2, -0.15) is 11.8 Å². The van der Waals surface area contributed by atoms with Gasteiger partial charge in [0.1, 0.15) is 6.04 Å². The molecule has 3 atom stereocenters. The number of amides is 2. The molecular formula is C14H24N2O2S. The van der Waals surface area contributed by atoms with Crippen LogP contribution in [0, 0.1) is 5.92 Å². The molecule has 1 aliphatic carbocycles. The summed E-state index contributed by atoms with van der Waals surface area (Å²) in [5.74, 6) is 0.537. The van der Waals surface area contributed by atoms with Crippen LogP contribution in [-0.2, 0) is 9.59 Å². The van der Waals surface area contributed by atoms with Crippen LogP contribution in [0.2, 0.25) is 0 Å². The summed E-state index contributed by atoms with van der Waals surface area (Å²) in [6, 6.07) is -0.0414. The van der Waals surface area contributed by atoms with Gasteiger partial charge in [-0.25, -0.2) is 0 Å². The molecule has 3 unspecified atom stereocenters. The average Bonchev–Trinajstić information content (AvgIpc) is 2.81. The summed E-state index contributed by atoms with van der Waals surface area (Å²) in [4.78, 5) is 26.1. The number of piperazine rings is 1. The molecule has 1 saturated heterocycles. The van der Waals surface area contributed by atoms with Crippen LogP contribution in [0.1, 0.15) is 39.5 Å². The largest absolute Gasteiger partial charge is 0.343 e. The number of carbonyl (C=O) groups is 2. The van der Waals surface area contributed by atoms with Crippen molar-refractivity contribution in [3.63, 3.8) is 0 Å². The van der Waals surface area contributed by atoms with Crippen molar-refractivity contribution < 1.29 is 9.59 Å². The molecule has 108 valence electrons. The van der Waals surface area contributed by atoms with Gasteiger partial charge in [-0.05, 0) is 37.9 Å². The maximum absolute atomic E-state index is 12.5. The lowest BCUT2D eigenvalue weighted by atomic mass is 9.99. The fourth-order valence-corrected chi connectivity index (χ4v) is 3.88. The molecule has 0 aromatic carbocycles. The molecule has 0 bridgehead atoms. The maximum Gasteiger partial charge on any atom is 0.245 e. The maximum atomic E-state index is 12.5. The van der Waals surface area contributed by atoms with Crippen molar-refractivity contribution in [3.05, 3.63) is 0 Å². The molecule has 1 heterocycles. The molecule has 0 spiro atoms. The van der Waals surface area contributed by atoms with E-state index in [9.17, 15) is 9.59 Å². The van der Waals surface area contributed by atoms with Crippen LogP contribution < -0.4 is 5.32 Å². The second kappa shape index (κ2) is 6.16. The van der Waals surface area contributed by atoms with E-state index in [0.717, 1.165) is 25.7 Å². The average molecular weight is 284 g/mol. The van der Waals surface area contributed by atoms with E-state index in [-0.39, 0.29) is 30.4 Å². The van der Waals surface area contributed by atoms with Crippen molar-refractivity contribution in [2.24, 2.45) is 5.92 Å². The zero-order chi connectivity index (χ0) is 14.0. The Morgan fingerprint density at radius 2 is 2.11 bits per heavy atom. The number of nitrogens with one attached hydrogen (secondary N) is 1. The second-order valence-corrected chi connectivity index (χ2v) is 7.18. The van der Waals surface area contributed by atoms with Gasteiger partial charge in [0, 0.05) is 11.3 Å². The SMILES string of the molecule is CSC1CCC(N2CC(=O)NC(CC(C)C)C2=O)C1. The van der Waals surface area contributed by atoms with Crippen molar-refractivity contribution in [2.75, 3.05) is 12.8 Å². The van der Waals surface area contributed by atoms with E-state index in [1.165, 1.54) is 0 Å². The molecular weight excluding hydrogens is 260 g/mol. The number of rotatable bonds is 4. The topological polar surface area (TPSA) is 49.4 Å². The monoisotopic (exact) mass is 284 g/mol. The lowest BCUT2D eigenvalue weighted by molar-refractivity contribution is -0.147. The number of hydrogen-bond donors (Lipinski definition) is 1. The third kappa shape index (κ3) is 3.44. The standard InChI is InChI=1S/C14H24N2O2S/c1-9(2)6-12-14(18)16(8-13(17)15-12)10-4-5-11(7-10)19-3/h9-12H,4-8H2,1-3H3,(H,15,17). The van der Waals surface area contributed by atoms with Crippen molar-refractivity contribution in [3.8, 4) is 0 Å². The minimum Gasteiger partial charge on any atom is -0.343 e. The molecule has 2 aliphatic rings. The van der Waals surface area contributed by atoms with Crippen LogP contribution in [0.3, 0.4) is 0 Å². The summed E-state index contributed by atoms with van der Waals surface area (Å²) >= 11 is 1.88. The number of carbonyl (C=O) groups excluding carboxylic acids is 2. The van der Waals surface area contributed by atoms with E-state index < -0.39 is 0 Å². The highest BCUT2D eigenvalue weighted by Gasteiger charge is 2.39. The molecule has 4 nitrogen and oxygen atoms in total. The Bertz CT molecular complexity index is 359. The van der Waals surface area contributed by atoms with Crippen molar-refractivity contribution in [2.45, 2.75) is 56.9 Å². The van der Waals surface area contributed by atoms with Crippen LogP contribution in [0.4, 0.5) is 0 Å². The number of hydrogen-bond acceptors (Lipinski definition) is 3. The minimum atomic E-state index is -0.311. The molecule has 0 radical (unpaired) electrons. The summed E-state index contributed by atoms with van der Waals surface area (Å²) < 4.78 is 0. The third-order valence-electron chi connectivity index (χ3n) is 4.07. The molecule has 0 aromatic rings.